The number of hydrogen-bond donors (Lipinski definition) is 2. The SMILES string of the molecule is COc1cccc2nc(Nc3cnn(C4CCN(C(C)(C)C)CC4)c3)c3[nH]ncc3c12. The van der Waals surface area contributed by atoms with Crippen LogP contribution in [0.3, 0.4) is 0 Å². The number of pyridine rings is 1. The minimum Gasteiger partial charge on any atom is -0.496 e. The minimum absolute atomic E-state index is 0.224. The summed E-state index contributed by atoms with van der Waals surface area (Å²) in [5, 5.41) is 17.3. The molecule has 0 aliphatic carbocycles. The van der Waals surface area contributed by atoms with Crippen LogP contribution in [0.4, 0.5) is 11.5 Å². The van der Waals surface area contributed by atoms with Gasteiger partial charge in [0.05, 0.1) is 42.1 Å². The maximum Gasteiger partial charge on any atom is 0.157 e. The van der Waals surface area contributed by atoms with Crippen molar-refractivity contribution in [3.05, 3.63) is 36.8 Å². The van der Waals surface area contributed by atoms with Gasteiger partial charge in [-0.05, 0) is 45.7 Å². The summed E-state index contributed by atoms with van der Waals surface area (Å²) in [6.07, 6.45) is 7.99. The molecule has 0 bridgehead atoms. The molecule has 162 valence electrons. The first-order chi connectivity index (χ1) is 14.9. The highest BCUT2D eigenvalue weighted by Gasteiger charge is 2.28. The molecule has 0 unspecified atom stereocenters. The number of fused-ring (bicyclic) bond motifs is 3. The van der Waals surface area contributed by atoms with Crippen molar-refractivity contribution >= 4 is 33.3 Å². The first-order valence-corrected chi connectivity index (χ1v) is 10.8. The zero-order valence-electron chi connectivity index (χ0n) is 18.5. The molecule has 1 fully saturated rings. The van der Waals surface area contributed by atoms with E-state index in [1.807, 2.05) is 30.6 Å². The van der Waals surface area contributed by atoms with Crippen LogP contribution in [0.1, 0.15) is 39.7 Å². The second-order valence-electron chi connectivity index (χ2n) is 9.20. The fourth-order valence-electron chi connectivity index (χ4n) is 4.52. The molecule has 0 atom stereocenters. The van der Waals surface area contributed by atoms with Crippen molar-refractivity contribution in [3.8, 4) is 5.75 Å². The highest BCUT2D eigenvalue weighted by atomic mass is 16.5. The van der Waals surface area contributed by atoms with Crippen molar-refractivity contribution in [1.29, 1.82) is 0 Å². The molecule has 1 aliphatic rings. The summed E-state index contributed by atoms with van der Waals surface area (Å²) in [5.74, 6) is 1.52. The molecule has 3 aromatic heterocycles. The van der Waals surface area contributed by atoms with Crippen LogP contribution in [0.5, 0.6) is 5.75 Å². The Morgan fingerprint density at radius 2 is 1.97 bits per heavy atom. The van der Waals surface area contributed by atoms with Gasteiger partial charge in [0.2, 0.25) is 0 Å². The van der Waals surface area contributed by atoms with Gasteiger partial charge in [0.15, 0.2) is 5.82 Å². The van der Waals surface area contributed by atoms with E-state index in [-0.39, 0.29) is 5.54 Å². The molecule has 31 heavy (non-hydrogen) atoms. The molecule has 1 aromatic carbocycles. The summed E-state index contributed by atoms with van der Waals surface area (Å²) in [6.45, 7) is 9.04. The summed E-state index contributed by atoms with van der Waals surface area (Å²) >= 11 is 0. The Hall–Kier alpha value is -3.13. The Bertz CT molecular complexity index is 1210. The number of nitrogens with one attached hydrogen (secondary N) is 2. The van der Waals surface area contributed by atoms with Crippen LogP contribution in [-0.2, 0) is 0 Å². The zero-order valence-corrected chi connectivity index (χ0v) is 18.5. The second kappa shape index (κ2) is 7.53. The van der Waals surface area contributed by atoms with Gasteiger partial charge in [0, 0.05) is 30.2 Å². The average molecular weight is 420 g/mol. The molecule has 0 radical (unpaired) electrons. The lowest BCUT2D eigenvalue weighted by Crippen LogP contribution is -2.46. The lowest BCUT2D eigenvalue weighted by Gasteiger charge is -2.40. The quantitative estimate of drug-likeness (QED) is 0.507. The lowest BCUT2D eigenvalue weighted by molar-refractivity contribution is 0.0870. The number of aromatic nitrogens is 5. The molecule has 5 rings (SSSR count). The van der Waals surface area contributed by atoms with Crippen LogP contribution < -0.4 is 10.1 Å². The largest absolute Gasteiger partial charge is 0.496 e. The first kappa shape index (κ1) is 19.8. The van der Waals surface area contributed by atoms with Gasteiger partial charge in [-0.1, -0.05) is 6.07 Å². The van der Waals surface area contributed by atoms with E-state index < -0.39 is 0 Å². The fraction of sp³-hybridized carbons (Fsp3) is 0.435. The van der Waals surface area contributed by atoms with Gasteiger partial charge < -0.3 is 10.1 Å². The lowest BCUT2D eigenvalue weighted by atomic mass is 9.98. The van der Waals surface area contributed by atoms with Crippen molar-refractivity contribution in [3.63, 3.8) is 0 Å². The summed E-state index contributed by atoms with van der Waals surface area (Å²) < 4.78 is 7.64. The number of likely N-dealkylation sites (tertiary alicyclic amines) is 1. The molecule has 4 heterocycles. The Morgan fingerprint density at radius 3 is 2.71 bits per heavy atom. The smallest absolute Gasteiger partial charge is 0.157 e. The van der Waals surface area contributed by atoms with Crippen molar-refractivity contribution in [2.75, 3.05) is 25.5 Å². The van der Waals surface area contributed by atoms with Crippen LogP contribution in [0, 0.1) is 0 Å². The van der Waals surface area contributed by atoms with E-state index in [1.165, 1.54) is 0 Å². The number of anilines is 2. The fourth-order valence-corrected chi connectivity index (χ4v) is 4.52. The van der Waals surface area contributed by atoms with Gasteiger partial charge in [-0.3, -0.25) is 14.7 Å². The third-order valence-corrected chi connectivity index (χ3v) is 6.25. The molecule has 1 saturated heterocycles. The first-order valence-electron chi connectivity index (χ1n) is 10.8. The maximum atomic E-state index is 5.54. The number of rotatable bonds is 4. The Kier molecular flexibility index (Phi) is 4.81. The van der Waals surface area contributed by atoms with Crippen LogP contribution in [-0.4, -0.2) is 55.6 Å². The predicted octanol–water partition coefficient (Wildman–Crippen LogP) is 4.50. The van der Waals surface area contributed by atoms with Gasteiger partial charge in [0.25, 0.3) is 0 Å². The molecule has 0 spiro atoms. The van der Waals surface area contributed by atoms with E-state index >= 15 is 0 Å². The van der Waals surface area contributed by atoms with Crippen LogP contribution in [0.25, 0.3) is 21.8 Å². The Balaban J connectivity index is 1.40. The number of piperidine rings is 1. The van der Waals surface area contributed by atoms with Gasteiger partial charge in [-0.15, -0.1) is 0 Å². The van der Waals surface area contributed by atoms with Crippen LogP contribution >= 0.6 is 0 Å². The van der Waals surface area contributed by atoms with Crippen LogP contribution in [0.15, 0.2) is 36.8 Å². The molecule has 8 heteroatoms. The Labute approximate surface area is 181 Å². The minimum atomic E-state index is 0.224. The van der Waals surface area contributed by atoms with Crippen molar-refractivity contribution in [1.82, 2.24) is 29.9 Å². The van der Waals surface area contributed by atoms with Gasteiger partial charge in [0.1, 0.15) is 11.3 Å². The van der Waals surface area contributed by atoms with Crippen molar-refractivity contribution in [2.24, 2.45) is 0 Å². The van der Waals surface area contributed by atoms with E-state index in [4.69, 9.17) is 9.72 Å². The van der Waals surface area contributed by atoms with E-state index in [9.17, 15) is 0 Å². The number of nitrogens with zero attached hydrogens (tertiary/aromatic N) is 5. The highest BCUT2D eigenvalue weighted by molar-refractivity contribution is 6.11. The molecular weight excluding hydrogens is 390 g/mol. The average Bonchev–Trinajstić information content (AvgIpc) is 3.43. The highest BCUT2D eigenvalue weighted by Crippen LogP contribution is 2.35. The zero-order chi connectivity index (χ0) is 21.6. The molecule has 0 amide bonds. The third-order valence-electron chi connectivity index (χ3n) is 6.25. The van der Waals surface area contributed by atoms with E-state index in [0.717, 1.165) is 65.0 Å². The van der Waals surface area contributed by atoms with E-state index in [0.29, 0.717) is 6.04 Å². The summed E-state index contributed by atoms with van der Waals surface area (Å²) in [5.41, 5.74) is 2.85. The number of benzene rings is 1. The topological polar surface area (TPSA) is 83.9 Å². The van der Waals surface area contributed by atoms with Crippen LogP contribution in [0.2, 0.25) is 0 Å². The molecular formula is C23H29N7O. The van der Waals surface area contributed by atoms with E-state index in [2.05, 4.69) is 57.2 Å². The predicted molar refractivity (Wildman–Crippen MR) is 123 cm³/mol. The molecule has 2 N–H and O–H groups in total. The van der Waals surface area contributed by atoms with Crippen molar-refractivity contribution < 1.29 is 4.74 Å². The number of H-pyrrole nitrogens is 1. The van der Waals surface area contributed by atoms with Gasteiger partial charge >= 0.3 is 0 Å². The van der Waals surface area contributed by atoms with Crippen molar-refractivity contribution in [2.45, 2.75) is 45.2 Å². The third kappa shape index (κ3) is 3.61. The number of hydrogen-bond acceptors (Lipinski definition) is 6. The molecule has 8 nitrogen and oxygen atoms in total. The van der Waals surface area contributed by atoms with E-state index in [1.54, 1.807) is 7.11 Å². The molecule has 1 aliphatic heterocycles. The monoisotopic (exact) mass is 419 g/mol. The number of methoxy groups -OCH3 is 1. The summed E-state index contributed by atoms with van der Waals surface area (Å²) in [6, 6.07) is 6.31. The summed E-state index contributed by atoms with van der Waals surface area (Å²) in [7, 11) is 1.67. The molecule has 0 saturated carbocycles. The molecule has 4 aromatic rings. The number of ether oxygens (including phenoxy) is 1. The standard InChI is InChI=1S/C23H29N7O/c1-23(2,3)29-10-8-16(9-11-29)30-14-15(12-25-30)26-22-21-17(13-24-28-21)20-18(27-22)6-5-7-19(20)31-4/h5-7,12-14,16H,8-11H2,1-4H3,(H,24,28)(H,26,27). The maximum absolute atomic E-state index is 5.54. The normalized spacial score (nSPS) is 16.3. The van der Waals surface area contributed by atoms with Gasteiger partial charge in [-0.25, -0.2) is 4.98 Å². The van der Waals surface area contributed by atoms with Gasteiger partial charge in [-0.2, -0.15) is 10.2 Å². The second-order valence-corrected chi connectivity index (χ2v) is 9.20. The summed E-state index contributed by atoms with van der Waals surface area (Å²) in [4.78, 5) is 7.38. The Morgan fingerprint density at radius 1 is 1.16 bits per heavy atom. The number of aromatic amines is 1.